The Kier molecular flexibility index (Phi) is 4.03. The highest BCUT2D eigenvalue weighted by molar-refractivity contribution is 14.1. The van der Waals surface area contributed by atoms with E-state index in [1.54, 1.807) is 12.3 Å². The Labute approximate surface area is 117 Å². The lowest BCUT2D eigenvalue weighted by atomic mass is 10.2. The Bertz CT molecular complexity index is 442. The zero-order chi connectivity index (χ0) is 12.4. The second-order valence-electron chi connectivity index (χ2n) is 4.12. The van der Waals surface area contributed by atoms with E-state index in [1.165, 1.54) is 11.3 Å². The average molecular weight is 364 g/mol. The van der Waals surface area contributed by atoms with E-state index in [2.05, 4.69) is 33.2 Å². The van der Waals surface area contributed by atoms with E-state index in [0.29, 0.717) is 11.6 Å². The molecule has 0 bridgehead atoms. The normalized spacial score (nSPS) is 16.4. The van der Waals surface area contributed by atoms with Gasteiger partial charge in [0.1, 0.15) is 6.04 Å². The molecule has 0 saturated heterocycles. The van der Waals surface area contributed by atoms with Gasteiger partial charge in [-0.25, -0.2) is 0 Å². The van der Waals surface area contributed by atoms with Crippen molar-refractivity contribution in [3.05, 3.63) is 19.9 Å². The Hall–Kier alpha value is -0.630. The summed E-state index contributed by atoms with van der Waals surface area (Å²) >= 11 is 3.68. The molecule has 1 aliphatic carbocycles. The van der Waals surface area contributed by atoms with Crippen molar-refractivity contribution in [1.29, 1.82) is 0 Å². The smallest absolute Gasteiger partial charge is 0.252 e. The van der Waals surface area contributed by atoms with Crippen LogP contribution in [-0.2, 0) is 4.79 Å². The Balaban J connectivity index is 1.86. The van der Waals surface area contributed by atoms with Gasteiger partial charge in [0, 0.05) is 11.4 Å². The van der Waals surface area contributed by atoms with Crippen molar-refractivity contribution in [2.45, 2.75) is 31.8 Å². The number of thiophene rings is 1. The van der Waals surface area contributed by atoms with Crippen LogP contribution < -0.4 is 10.6 Å². The monoisotopic (exact) mass is 364 g/mol. The molecule has 2 N–H and O–H groups in total. The molecule has 1 fully saturated rings. The van der Waals surface area contributed by atoms with Crippen molar-refractivity contribution in [3.63, 3.8) is 0 Å². The van der Waals surface area contributed by atoms with Gasteiger partial charge in [-0.05, 0) is 48.4 Å². The first-order valence-electron chi connectivity index (χ1n) is 5.41. The van der Waals surface area contributed by atoms with Gasteiger partial charge in [-0.3, -0.25) is 9.59 Å². The summed E-state index contributed by atoms with van der Waals surface area (Å²) in [5.41, 5.74) is 0.616. The maximum absolute atomic E-state index is 11.8. The van der Waals surface area contributed by atoms with Gasteiger partial charge in [-0.15, -0.1) is 11.3 Å². The standard InChI is InChI=1S/C11H13IN2O2S/c1-6(10(15)14-8-2-3-8)13-11(16)7-4-9(12)17-5-7/h4-6,8H,2-3H2,1H3,(H,13,16)(H,14,15). The lowest BCUT2D eigenvalue weighted by Gasteiger charge is -2.13. The van der Waals surface area contributed by atoms with Crippen molar-refractivity contribution in [2.75, 3.05) is 0 Å². The van der Waals surface area contributed by atoms with Crippen LogP contribution in [0.4, 0.5) is 0 Å². The topological polar surface area (TPSA) is 58.2 Å². The predicted octanol–water partition coefficient (Wildman–Crippen LogP) is 1.75. The molecule has 0 spiro atoms. The van der Waals surface area contributed by atoms with Crippen LogP contribution in [-0.4, -0.2) is 23.9 Å². The minimum absolute atomic E-state index is 0.106. The molecular weight excluding hydrogens is 351 g/mol. The molecule has 1 aliphatic rings. The largest absolute Gasteiger partial charge is 0.352 e. The lowest BCUT2D eigenvalue weighted by Crippen LogP contribution is -2.45. The maximum atomic E-state index is 11.8. The molecule has 0 radical (unpaired) electrons. The van der Waals surface area contributed by atoms with Crippen LogP contribution in [0, 0.1) is 2.88 Å². The summed E-state index contributed by atoms with van der Waals surface area (Å²) in [7, 11) is 0. The molecule has 4 nitrogen and oxygen atoms in total. The fourth-order valence-corrected chi connectivity index (χ4v) is 2.66. The number of amides is 2. The summed E-state index contributed by atoms with van der Waals surface area (Å²) in [4.78, 5) is 23.4. The molecule has 1 atom stereocenters. The summed E-state index contributed by atoms with van der Waals surface area (Å²) in [5, 5.41) is 7.35. The Morgan fingerprint density at radius 3 is 2.76 bits per heavy atom. The third-order valence-corrected chi connectivity index (χ3v) is 4.28. The van der Waals surface area contributed by atoms with Crippen LogP contribution in [0.1, 0.15) is 30.1 Å². The number of carbonyl (C=O) groups excluding carboxylic acids is 2. The van der Waals surface area contributed by atoms with E-state index < -0.39 is 6.04 Å². The molecule has 2 amide bonds. The van der Waals surface area contributed by atoms with Gasteiger partial charge in [0.05, 0.1) is 8.45 Å². The highest BCUT2D eigenvalue weighted by Gasteiger charge is 2.26. The van der Waals surface area contributed by atoms with Gasteiger partial charge < -0.3 is 10.6 Å². The number of hydrogen-bond acceptors (Lipinski definition) is 3. The van der Waals surface area contributed by atoms with Crippen molar-refractivity contribution < 1.29 is 9.59 Å². The first-order valence-corrected chi connectivity index (χ1v) is 7.37. The number of halogens is 1. The van der Waals surface area contributed by atoms with Gasteiger partial charge in [-0.1, -0.05) is 0 Å². The van der Waals surface area contributed by atoms with E-state index in [1.807, 2.05) is 6.07 Å². The van der Waals surface area contributed by atoms with Crippen LogP contribution in [0.3, 0.4) is 0 Å². The molecule has 1 unspecified atom stereocenters. The van der Waals surface area contributed by atoms with Gasteiger partial charge in [0.15, 0.2) is 0 Å². The van der Waals surface area contributed by atoms with E-state index in [4.69, 9.17) is 0 Å². The summed E-state index contributed by atoms with van der Waals surface area (Å²) in [6.07, 6.45) is 2.10. The van der Waals surface area contributed by atoms with Crippen molar-refractivity contribution in [3.8, 4) is 0 Å². The summed E-state index contributed by atoms with van der Waals surface area (Å²) in [5.74, 6) is -0.298. The molecule has 0 aliphatic heterocycles. The predicted molar refractivity (Wildman–Crippen MR) is 75.1 cm³/mol. The molecule has 1 heterocycles. The van der Waals surface area contributed by atoms with Gasteiger partial charge in [0.2, 0.25) is 5.91 Å². The zero-order valence-corrected chi connectivity index (χ0v) is 12.3. The lowest BCUT2D eigenvalue weighted by molar-refractivity contribution is -0.122. The average Bonchev–Trinajstić information content (AvgIpc) is 2.97. The van der Waals surface area contributed by atoms with Crippen LogP contribution in [0.2, 0.25) is 0 Å². The minimum Gasteiger partial charge on any atom is -0.352 e. The fourth-order valence-electron chi connectivity index (χ4n) is 1.33. The van der Waals surface area contributed by atoms with Crippen molar-refractivity contribution in [1.82, 2.24) is 10.6 Å². The highest BCUT2D eigenvalue weighted by Crippen LogP contribution is 2.19. The summed E-state index contributed by atoms with van der Waals surface area (Å²) in [6, 6.07) is 1.65. The first-order chi connectivity index (χ1) is 8.06. The van der Waals surface area contributed by atoms with E-state index >= 15 is 0 Å². The van der Waals surface area contributed by atoms with Crippen molar-refractivity contribution >= 4 is 45.7 Å². The van der Waals surface area contributed by atoms with Crippen LogP contribution in [0.15, 0.2) is 11.4 Å². The first kappa shape index (κ1) is 12.8. The van der Waals surface area contributed by atoms with E-state index in [9.17, 15) is 9.59 Å². The van der Waals surface area contributed by atoms with Crippen molar-refractivity contribution in [2.24, 2.45) is 0 Å². The summed E-state index contributed by atoms with van der Waals surface area (Å²) in [6.45, 7) is 1.70. The second kappa shape index (κ2) is 5.34. The molecule has 1 aromatic heterocycles. The molecule has 6 heteroatoms. The number of rotatable bonds is 4. The highest BCUT2D eigenvalue weighted by atomic mass is 127. The third kappa shape index (κ3) is 3.67. The SMILES string of the molecule is CC(NC(=O)c1csc(I)c1)C(=O)NC1CC1. The molecular formula is C11H13IN2O2S. The number of nitrogens with one attached hydrogen (secondary N) is 2. The molecule has 92 valence electrons. The quantitative estimate of drug-likeness (QED) is 0.800. The van der Waals surface area contributed by atoms with E-state index in [0.717, 1.165) is 15.7 Å². The molecule has 1 aromatic rings. The number of hydrogen-bond donors (Lipinski definition) is 2. The van der Waals surface area contributed by atoms with Crippen LogP contribution >= 0.6 is 33.9 Å². The second-order valence-corrected chi connectivity index (χ2v) is 6.92. The minimum atomic E-state index is -0.485. The van der Waals surface area contributed by atoms with Gasteiger partial charge >= 0.3 is 0 Å². The molecule has 1 saturated carbocycles. The molecule has 17 heavy (non-hydrogen) atoms. The number of carbonyl (C=O) groups is 2. The van der Waals surface area contributed by atoms with Crippen LogP contribution in [0.5, 0.6) is 0 Å². The Morgan fingerprint density at radius 2 is 2.24 bits per heavy atom. The van der Waals surface area contributed by atoms with Gasteiger partial charge in [0.25, 0.3) is 5.91 Å². The zero-order valence-electron chi connectivity index (χ0n) is 9.33. The third-order valence-electron chi connectivity index (χ3n) is 2.49. The molecule has 2 rings (SSSR count). The molecule has 0 aromatic carbocycles. The Morgan fingerprint density at radius 1 is 1.53 bits per heavy atom. The van der Waals surface area contributed by atoms with E-state index in [-0.39, 0.29) is 11.8 Å². The summed E-state index contributed by atoms with van der Waals surface area (Å²) < 4.78 is 1.06. The maximum Gasteiger partial charge on any atom is 0.252 e. The fraction of sp³-hybridized carbons (Fsp3) is 0.455. The van der Waals surface area contributed by atoms with Gasteiger partial charge in [-0.2, -0.15) is 0 Å². The van der Waals surface area contributed by atoms with Crippen LogP contribution in [0.25, 0.3) is 0 Å².